The van der Waals surface area contributed by atoms with Crippen molar-refractivity contribution in [2.45, 2.75) is 6.54 Å². The van der Waals surface area contributed by atoms with Crippen LogP contribution in [0, 0.1) is 0 Å². The number of pyridine rings is 1. The number of ether oxygens (including phenoxy) is 2. The van der Waals surface area contributed by atoms with E-state index in [9.17, 15) is 4.79 Å². The van der Waals surface area contributed by atoms with E-state index in [1.165, 1.54) is 12.3 Å². The molecule has 7 heteroatoms. The number of rotatable bonds is 3. The normalized spacial score (nSPS) is 12.2. The Balaban J connectivity index is 1.70. The van der Waals surface area contributed by atoms with Crippen LogP contribution in [-0.2, 0) is 6.54 Å². The van der Waals surface area contributed by atoms with Crippen LogP contribution in [0.5, 0.6) is 11.5 Å². The Kier molecular flexibility index (Phi) is 3.53. The second kappa shape index (κ2) is 5.49. The number of nitrogens with one attached hydrogen (secondary N) is 1. The number of fused-ring (bicyclic) bond motifs is 1. The first kappa shape index (κ1) is 13.5. The van der Waals surface area contributed by atoms with Crippen molar-refractivity contribution in [3.8, 4) is 11.5 Å². The van der Waals surface area contributed by atoms with Gasteiger partial charge in [-0.25, -0.2) is 4.98 Å². The second-order valence-corrected chi connectivity index (χ2v) is 4.87. The highest BCUT2D eigenvalue weighted by Gasteiger charge is 2.14. The fourth-order valence-electron chi connectivity index (χ4n) is 1.96. The molecule has 21 heavy (non-hydrogen) atoms. The molecule has 2 aromatic rings. The molecule has 1 aliphatic heterocycles. The van der Waals surface area contributed by atoms with Crippen LogP contribution in [0.1, 0.15) is 15.9 Å². The van der Waals surface area contributed by atoms with E-state index in [1.54, 1.807) is 6.07 Å². The summed E-state index contributed by atoms with van der Waals surface area (Å²) in [6.07, 6.45) is 1.35. The van der Waals surface area contributed by atoms with Gasteiger partial charge in [-0.2, -0.15) is 0 Å². The lowest BCUT2D eigenvalue weighted by Crippen LogP contribution is -2.23. The molecule has 1 aromatic carbocycles. The van der Waals surface area contributed by atoms with Gasteiger partial charge in [-0.1, -0.05) is 17.7 Å². The Labute approximate surface area is 125 Å². The number of benzene rings is 1. The molecule has 108 valence electrons. The van der Waals surface area contributed by atoms with Crippen molar-refractivity contribution in [1.82, 2.24) is 10.3 Å². The zero-order chi connectivity index (χ0) is 14.8. The Hall–Kier alpha value is -2.47. The predicted octanol–water partition coefficient (Wildman–Crippen LogP) is 1.98. The van der Waals surface area contributed by atoms with Gasteiger partial charge in [0.05, 0.1) is 10.6 Å². The number of nitrogens with zero attached hydrogens (tertiary/aromatic N) is 1. The number of carbonyl (C=O) groups excluding carboxylic acids is 1. The van der Waals surface area contributed by atoms with E-state index in [-0.39, 0.29) is 23.5 Å². The topological polar surface area (TPSA) is 86.5 Å². The van der Waals surface area contributed by atoms with Gasteiger partial charge in [0.25, 0.3) is 5.91 Å². The third-order valence-corrected chi connectivity index (χ3v) is 3.31. The largest absolute Gasteiger partial charge is 0.454 e. The van der Waals surface area contributed by atoms with Crippen LogP contribution in [0.2, 0.25) is 5.02 Å². The van der Waals surface area contributed by atoms with Gasteiger partial charge in [0.15, 0.2) is 11.5 Å². The molecule has 3 N–H and O–H groups in total. The van der Waals surface area contributed by atoms with Crippen LogP contribution in [0.4, 0.5) is 5.82 Å². The van der Waals surface area contributed by atoms with E-state index in [0.717, 1.165) is 5.56 Å². The Morgan fingerprint density at radius 3 is 3.00 bits per heavy atom. The molecule has 0 saturated heterocycles. The summed E-state index contributed by atoms with van der Waals surface area (Å²) in [4.78, 5) is 15.9. The number of nitrogen functional groups attached to an aromatic ring is 1. The van der Waals surface area contributed by atoms with Gasteiger partial charge in [-0.05, 0) is 23.8 Å². The first-order valence-electron chi connectivity index (χ1n) is 6.21. The maximum absolute atomic E-state index is 12.1. The lowest BCUT2D eigenvalue weighted by molar-refractivity contribution is 0.0951. The van der Waals surface area contributed by atoms with Crippen LogP contribution in [0.25, 0.3) is 0 Å². The highest BCUT2D eigenvalue weighted by molar-refractivity contribution is 6.33. The number of anilines is 1. The number of nitrogens with two attached hydrogens (primary N) is 1. The highest BCUT2D eigenvalue weighted by atomic mass is 35.5. The maximum atomic E-state index is 12.1. The number of hydrogen-bond acceptors (Lipinski definition) is 5. The first-order valence-corrected chi connectivity index (χ1v) is 6.59. The smallest absolute Gasteiger partial charge is 0.253 e. The summed E-state index contributed by atoms with van der Waals surface area (Å²) in [5.74, 6) is 1.31. The predicted molar refractivity (Wildman–Crippen MR) is 77.4 cm³/mol. The van der Waals surface area contributed by atoms with E-state index < -0.39 is 0 Å². The summed E-state index contributed by atoms with van der Waals surface area (Å²) in [5, 5.41) is 3.03. The fraction of sp³-hybridized carbons (Fsp3) is 0.143. The number of aromatic nitrogens is 1. The molecule has 1 aromatic heterocycles. The van der Waals surface area contributed by atoms with Gasteiger partial charge in [-0.3, -0.25) is 4.79 Å². The maximum Gasteiger partial charge on any atom is 0.253 e. The second-order valence-electron chi connectivity index (χ2n) is 4.46. The van der Waals surface area contributed by atoms with E-state index in [2.05, 4.69) is 10.3 Å². The van der Waals surface area contributed by atoms with E-state index >= 15 is 0 Å². The molecule has 0 unspecified atom stereocenters. The average Bonchev–Trinajstić information content (AvgIpc) is 2.94. The summed E-state index contributed by atoms with van der Waals surface area (Å²) >= 11 is 5.93. The van der Waals surface area contributed by atoms with Gasteiger partial charge in [-0.15, -0.1) is 0 Å². The van der Waals surface area contributed by atoms with Crippen molar-refractivity contribution in [3.63, 3.8) is 0 Å². The Morgan fingerprint density at radius 2 is 2.14 bits per heavy atom. The first-order chi connectivity index (χ1) is 10.1. The van der Waals surface area contributed by atoms with Crippen LogP contribution in [-0.4, -0.2) is 17.7 Å². The van der Waals surface area contributed by atoms with Crippen molar-refractivity contribution in [1.29, 1.82) is 0 Å². The summed E-state index contributed by atoms with van der Waals surface area (Å²) < 4.78 is 10.5. The minimum atomic E-state index is -0.313. The van der Waals surface area contributed by atoms with Crippen molar-refractivity contribution in [2.75, 3.05) is 12.5 Å². The highest BCUT2D eigenvalue weighted by Crippen LogP contribution is 2.32. The van der Waals surface area contributed by atoms with Crippen LogP contribution < -0.4 is 20.5 Å². The number of hydrogen-bond donors (Lipinski definition) is 2. The third kappa shape index (κ3) is 2.85. The monoisotopic (exact) mass is 305 g/mol. The SMILES string of the molecule is Nc1cc(C(=O)NCc2ccc3c(c2)OCO3)c(Cl)cn1. The minimum absolute atomic E-state index is 0.219. The molecule has 1 amide bonds. The van der Waals surface area contributed by atoms with Crippen LogP contribution in [0.3, 0.4) is 0 Å². The van der Waals surface area contributed by atoms with Crippen molar-refractivity contribution in [3.05, 3.63) is 46.6 Å². The molecule has 3 rings (SSSR count). The van der Waals surface area contributed by atoms with Gasteiger partial charge in [0.1, 0.15) is 5.82 Å². The molecule has 0 atom stereocenters. The lowest BCUT2D eigenvalue weighted by atomic mass is 10.2. The molecular weight excluding hydrogens is 294 g/mol. The van der Waals surface area contributed by atoms with Crippen LogP contribution >= 0.6 is 11.6 Å². The number of carbonyl (C=O) groups is 1. The third-order valence-electron chi connectivity index (χ3n) is 3.01. The molecule has 0 saturated carbocycles. The molecule has 0 spiro atoms. The average molecular weight is 306 g/mol. The van der Waals surface area contributed by atoms with Crippen LogP contribution in [0.15, 0.2) is 30.5 Å². The van der Waals surface area contributed by atoms with Crippen molar-refractivity contribution >= 4 is 23.3 Å². The number of amides is 1. The molecular formula is C14H12ClN3O3. The molecule has 0 fully saturated rings. The van der Waals surface area contributed by atoms with Gasteiger partial charge in [0.2, 0.25) is 6.79 Å². The minimum Gasteiger partial charge on any atom is -0.454 e. The fourth-order valence-corrected chi connectivity index (χ4v) is 2.15. The Bertz CT molecular complexity index is 706. The lowest BCUT2D eigenvalue weighted by Gasteiger charge is -2.08. The summed E-state index contributed by atoms with van der Waals surface area (Å²) in [6.45, 7) is 0.561. The van der Waals surface area contributed by atoms with Gasteiger partial charge in [0, 0.05) is 12.7 Å². The number of halogens is 1. The van der Waals surface area contributed by atoms with Gasteiger partial charge < -0.3 is 20.5 Å². The molecule has 0 radical (unpaired) electrons. The molecule has 2 heterocycles. The van der Waals surface area contributed by atoms with Crippen molar-refractivity contribution < 1.29 is 14.3 Å². The van der Waals surface area contributed by atoms with E-state index in [1.807, 2.05) is 12.1 Å². The summed E-state index contributed by atoms with van der Waals surface area (Å²) in [6, 6.07) is 6.93. The van der Waals surface area contributed by atoms with Gasteiger partial charge >= 0.3 is 0 Å². The molecule has 0 aliphatic carbocycles. The summed E-state index contributed by atoms with van der Waals surface area (Å²) in [7, 11) is 0. The standard InChI is InChI=1S/C14H12ClN3O3/c15-10-6-17-13(16)4-9(10)14(19)18-5-8-1-2-11-12(3-8)21-7-20-11/h1-4,6H,5,7H2,(H2,16,17)(H,18,19). The van der Waals surface area contributed by atoms with E-state index in [0.29, 0.717) is 23.6 Å². The summed E-state index contributed by atoms with van der Waals surface area (Å²) in [5.41, 5.74) is 6.74. The zero-order valence-electron chi connectivity index (χ0n) is 10.9. The molecule has 6 nitrogen and oxygen atoms in total. The van der Waals surface area contributed by atoms with Crippen molar-refractivity contribution in [2.24, 2.45) is 0 Å². The Morgan fingerprint density at radius 1 is 1.33 bits per heavy atom. The molecule has 0 bridgehead atoms. The molecule has 1 aliphatic rings. The quantitative estimate of drug-likeness (QED) is 0.905. The zero-order valence-corrected chi connectivity index (χ0v) is 11.7. The van der Waals surface area contributed by atoms with E-state index in [4.69, 9.17) is 26.8 Å².